The standard InChI is InChI=1S/C22H23Cl2N5/c1-17-18(16-26-29(17)22-21(24)8-3-9-25-22)5-4-10-27-11-13-28(14-12-27)20-7-2-6-19(23)15-20/h2-9,15-16H,10-14H2,1H3. The van der Waals surface area contributed by atoms with Gasteiger partial charge in [-0.15, -0.1) is 0 Å². The number of halogens is 2. The fraction of sp³-hybridized carbons (Fsp3) is 0.273. The molecule has 7 heteroatoms. The van der Waals surface area contributed by atoms with Crippen molar-refractivity contribution in [2.45, 2.75) is 6.92 Å². The van der Waals surface area contributed by atoms with Gasteiger partial charge < -0.3 is 4.90 Å². The Morgan fingerprint density at radius 1 is 1.07 bits per heavy atom. The zero-order valence-electron chi connectivity index (χ0n) is 16.3. The Hall–Kier alpha value is -2.34. The van der Waals surface area contributed by atoms with Gasteiger partial charge >= 0.3 is 0 Å². The smallest absolute Gasteiger partial charge is 0.172 e. The summed E-state index contributed by atoms with van der Waals surface area (Å²) < 4.78 is 1.78. The Morgan fingerprint density at radius 2 is 1.90 bits per heavy atom. The largest absolute Gasteiger partial charge is 0.369 e. The Morgan fingerprint density at radius 3 is 2.66 bits per heavy atom. The van der Waals surface area contributed by atoms with Crippen LogP contribution in [0, 0.1) is 6.92 Å². The van der Waals surface area contributed by atoms with Gasteiger partial charge in [0.1, 0.15) is 0 Å². The van der Waals surface area contributed by atoms with Crippen LogP contribution in [0.4, 0.5) is 5.69 Å². The average molecular weight is 428 g/mol. The van der Waals surface area contributed by atoms with Crippen LogP contribution in [0.3, 0.4) is 0 Å². The van der Waals surface area contributed by atoms with E-state index in [1.807, 2.05) is 43.5 Å². The predicted molar refractivity (Wildman–Crippen MR) is 120 cm³/mol. The molecule has 0 bridgehead atoms. The van der Waals surface area contributed by atoms with Gasteiger partial charge in [-0.2, -0.15) is 5.10 Å². The van der Waals surface area contributed by atoms with Crippen LogP contribution in [0.5, 0.6) is 0 Å². The van der Waals surface area contributed by atoms with Crippen molar-refractivity contribution in [1.82, 2.24) is 19.7 Å². The van der Waals surface area contributed by atoms with Gasteiger partial charge in [0.15, 0.2) is 5.82 Å². The van der Waals surface area contributed by atoms with E-state index >= 15 is 0 Å². The van der Waals surface area contributed by atoms with Crippen molar-refractivity contribution < 1.29 is 0 Å². The molecular weight excluding hydrogens is 405 g/mol. The van der Waals surface area contributed by atoms with Gasteiger partial charge in [0.05, 0.1) is 16.9 Å². The van der Waals surface area contributed by atoms with E-state index in [1.165, 1.54) is 5.69 Å². The lowest BCUT2D eigenvalue weighted by Gasteiger charge is -2.35. The number of hydrogen-bond acceptors (Lipinski definition) is 4. The Balaban J connectivity index is 1.34. The van der Waals surface area contributed by atoms with Crippen LogP contribution in [0.2, 0.25) is 10.0 Å². The van der Waals surface area contributed by atoms with E-state index in [9.17, 15) is 0 Å². The van der Waals surface area contributed by atoms with Crippen LogP contribution in [-0.2, 0) is 0 Å². The van der Waals surface area contributed by atoms with Crippen molar-refractivity contribution in [2.24, 2.45) is 0 Å². The molecule has 0 N–H and O–H groups in total. The number of benzene rings is 1. The highest BCUT2D eigenvalue weighted by Crippen LogP contribution is 2.22. The number of rotatable bonds is 5. The van der Waals surface area contributed by atoms with Crippen LogP contribution < -0.4 is 4.90 Å². The number of aromatic nitrogens is 3. The number of hydrogen-bond donors (Lipinski definition) is 0. The van der Waals surface area contributed by atoms with E-state index in [4.69, 9.17) is 23.2 Å². The first-order valence-electron chi connectivity index (χ1n) is 9.67. The molecule has 1 aliphatic heterocycles. The molecule has 4 rings (SSSR count). The molecule has 0 radical (unpaired) electrons. The summed E-state index contributed by atoms with van der Waals surface area (Å²) in [7, 11) is 0. The highest BCUT2D eigenvalue weighted by molar-refractivity contribution is 6.32. The summed E-state index contributed by atoms with van der Waals surface area (Å²) in [6.45, 7) is 7.00. The molecular formula is C22H23Cl2N5. The van der Waals surface area contributed by atoms with Crippen molar-refractivity contribution in [2.75, 3.05) is 37.6 Å². The van der Waals surface area contributed by atoms with Gasteiger partial charge in [0.2, 0.25) is 0 Å². The zero-order chi connectivity index (χ0) is 20.2. The molecule has 1 saturated heterocycles. The SMILES string of the molecule is Cc1c(C=CCN2CCN(c3cccc(Cl)c3)CC2)cnn1-c1ncccc1Cl. The third kappa shape index (κ3) is 4.64. The third-order valence-electron chi connectivity index (χ3n) is 5.19. The first-order chi connectivity index (χ1) is 14.1. The summed E-state index contributed by atoms with van der Waals surface area (Å²) in [5.74, 6) is 0.656. The lowest BCUT2D eigenvalue weighted by atomic mass is 10.2. The van der Waals surface area contributed by atoms with E-state index in [-0.39, 0.29) is 0 Å². The summed E-state index contributed by atoms with van der Waals surface area (Å²) in [6, 6.07) is 11.7. The van der Waals surface area contributed by atoms with Gasteiger partial charge in [-0.05, 0) is 37.3 Å². The van der Waals surface area contributed by atoms with Crippen molar-refractivity contribution in [3.8, 4) is 5.82 Å². The predicted octanol–water partition coefficient (Wildman–Crippen LogP) is 4.72. The molecule has 0 spiro atoms. The quantitative estimate of drug-likeness (QED) is 0.590. The fourth-order valence-corrected chi connectivity index (χ4v) is 3.91. The molecule has 1 aromatic carbocycles. The lowest BCUT2D eigenvalue weighted by molar-refractivity contribution is 0.284. The van der Waals surface area contributed by atoms with Gasteiger partial charge in [0, 0.05) is 55.2 Å². The van der Waals surface area contributed by atoms with Gasteiger partial charge in [0.25, 0.3) is 0 Å². The highest BCUT2D eigenvalue weighted by atomic mass is 35.5. The minimum Gasteiger partial charge on any atom is -0.369 e. The summed E-state index contributed by atoms with van der Waals surface area (Å²) in [4.78, 5) is 9.17. The van der Waals surface area contributed by atoms with Crippen LogP contribution in [0.25, 0.3) is 11.9 Å². The summed E-state index contributed by atoms with van der Waals surface area (Å²) >= 11 is 12.4. The third-order valence-corrected chi connectivity index (χ3v) is 5.72. The van der Waals surface area contributed by atoms with Gasteiger partial charge in [-0.3, -0.25) is 4.90 Å². The zero-order valence-corrected chi connectivity index (χ0v) is 17.8. The van der Waals surface area contributed by atoms with Gasteiger partial charge in [-0.25, -0.2) is 9.67 Å². The Kier molecular flexibility index (Phi) is 6.19. The number of pyridine rings is 1. The van der Waals surface area contributed by atoms with E-state index in [0.717, 1.165) is 49.0 Å². The minimum atomic E-state index is 0.590. The second-order valence-corrected chi connectivity index (χ2v) is 7.92. The van der Waals surface area contributed by atoms with E-state index in [0.29, 0.717) is 10.8 Å². The Labute approximate surface area is 181 Å². The molecule has 3 aromatic rings. The van der Waals surface area contributed by atoms with E-state index in [1.54, 1.807) is 10.9 Å². The van der Waals surface area contributed by atoms with Crippen molar-refractivity contribution >= 4 is 35.0 Å². The molecule has 1 fully saturated rings. The molecule has 1 aliphatic rings. The number of anilines is 1. The van der Waals surface area contributed by atoms with Crippen LogP contribution in [-0.4, -0.2) is 52.4 Å². The second kappa shape index (κ2) is 8.99. The summed E-state index contributed by atoms with van der Waals surface area (Å²) in [5.41, 5.74) is 3.29. The first-order valence-corrected chi connectivity index (χ1v) is 10.4. The molecule has 0 amide bonds. The summed E-state index contributed by atoms with van der Waals surface area (Å²) in [6.07, 6.45) is 7.90. The lowest BCUT2D eigenvalue weighted by Crippen LogP contribution is -2.46. The van der Waals surface area contributed by atoms with E-state index in [2.05, 4.69) is 38.1 Å². The first kappa shape index (κ1) is 20.0. The fourth-order valence-electron chi connectivity index (χ4n) is 3.52. The van der Waals surface area contributed by atoms with Crippen LogP contribution in [0.15, 0.2) is 54.9 Å². The van der Waals surface area contributed by atoms with E-state index < -0.39 is 0 Å². The van der Waals surface area contributed by atoms with Crippen LogP contribution >= 0.6 is 23.2 Å². The molecule has 0 atom stereocenters. The molecule has 29 heavy (non-hydrogen) atoms. The topological polar surface area (TPSA) is 37.2 Å². The molecule has 3 heterocycles. The maximum absolute atomic E-state index is 6.25. The molecule has 0 aliphatic carbocycles. The van der Waals surface area contributed by atoms with Crippen molar-refractivity contribution in [1.29, 1.82) is 0 Å². The highest BCUT2D eigenvalue weighted by Gasteiger charge is 2.16. The molecule has 2 aromatic heterocycles. The Bertz CT molecular complexity index is 1010. The maximum atomic E-state index is 6.25. The molecule has 5 nitrogen and oxygen atoms in total. The molecule has 0 unspecified atom stereocenters. The number of piperazine rings is 1. The maximum Gasteiger partial charge on any atom is 0.172 e. The monoisotopic (exact) mass is 427 g/mol. The van der Waals surface area contributed by atoms with Crippen molar-refractivity contribution in [3.05, 3.63) is 76.2 Å². The van der Waals surface area contributed by atoms with Crippen molar-refractivity contribution in [3.63, 3.8) is 0 Å². The van der Waals surface area contributed by atoms with Crippen LogP contribution in [0.1, 0.15) is 11.3 Å². The number of nitrogens with zero attached hydrogens (tertiary/aromatic N) is 5. The normalized spacial score (nSPS) is 15.3. The summed E-state index contributed by atoms with van der Waals surface area (Å²) in [5, 5.41) is 5.83. The molecule has 150 valence electrons. The second-order valence-electron chi connectivity index (χ2n) is 7.08. The molecule has 0 saturated carbocycles. The average Bonchev–Trinajstić information content (AvgIpc) is 3.09. The minimum absolute atomic E-state index is 0.590. The van der Waals surface area contributed by atoms with Gasteiger partial charge in [-0.1, -0.05) is 41.4 Å².